The second kappa shape index (κ2) is 17.4. The van der Waals surface area contributed by atoms with Crippen LogP contribution >= 0.6 is 0 Å². The van der Waals surface area contributed by atoms with Gasteiger partial charge in [-0.2, -0.15) is 0 Å². The average molecular weight is 273 g/mol. The van der Waals surface area contributed by atoms with E-state index in [4.69, 9.17) is 39.6 Å². The summed E-state index contributed by atoms with van der Waals surface area (Å²) in [5.41, 5.74) is 0. The zero-order chi connectivity index (χ0) is 10.3. The van der Waals surface area contributed by atoms with Crippen molar-refractivity contribution < 1.29 is 98.1 Å². The van der Waals surface area contributed by atoms with Crippen molar-refractivity contribution in [2.75, 3.05) is 0 Å². The molecule has 0 unspecified atom stereocenters. The van der Waals surface area contributed by atoms with Crippen LogP contribution in [0.3, 0.4) is 0 Å². The first kappa shape index (κ1) is 29.8. The van der Waals surface area contributed by atoms with Crippen molar-refractivity contribution >= 4 is 70.0 Å². The van der Waals surface area contributed by atoms with Gasteiger partial charge in [0.15, 0.2) is 0 Å². The van der Waals surface area contributed by atoms with Crippen molar-refractivity contribution in [2.24, 2.45) is 0 Å². The molecule has 0 aliphatic heterocycles. The number of aliphatic carboxylic acids is 4. The molecule has 0 atom stereocenters. The number of rotatable bonds is 0. The third-order valence-electron chi connectivity index (χ3n) is 0.366. The Balaban J connectivity index is -0.00000000893. The molecule has 15 heavy (non-hydrogen) atoms. The Morgan fingerprint density at radius 3 is 0.667 bits per heavy atom. The molecule has 0 aromatic rings. The van der Waals surface area contributed by atoms with E-state index in [9.17, 15) is 0 Å². The minimum Gasteiger partial charge on any atom is -1.00 e. The maximum absolute atomic E-state index is 9.10. The molecule has 0 radical (unpaired) electrons. The van der Waals surface area contributed by atoms with Gasteiger partial charge in [0, 0.05) is 0 Å². The second-order valence-electron chi connectivity index (χ2n) is 1.22. The quantitative estimate of drug-likeness (QED) is 0.253. The maximum Gasteiger partial charge on any atom is 2.00 e. The Hall–Kier alpha value is 1.05. The first-order chi connectivity index (χ1) is 5.29. The summed E-state index contributed by atoms with van der Waals surface area (Å²) in [6, 6.07) is 0. The van der Waals surface area contributed by atoms with E-state index in [1.165, 1.54) is 0 Å². The fraction of sp³-hybridized carbons (Fsp3) is 0. The van der Waals surface area contributed by atoms with E-state index < -0.39 is 23.9 Å². The van der Waals surface area contributed by atoms with E-state index in [1.54, 1.807) is 0 Å². The topological polar surface area (TPSA) is 149 Å². The minimum atomic E-state index is -1.82. The number of carboxylic acids is 4. The molecule has 0 aromatic carbocycles. The summed E-state index contributed by atoms with van der Waals surface area (Å²) in [7, 11) is 0. The van der Waals surface area contributed by atoms with Crippen LogP contribution in [0.25, 0.3) is 0 Å². The molecule has 0 spiro atoms. The molecule has 0 fully saturated rings. The average Bonchev–Trinajstić information content (AvgIpc) is 1.88. The number of hydrogen-bond donors (Lipinski definition) is 4. The molecule has 0 aliphatic rings. The normalized spacial score (nSPS) is 5.87. The summed E-state index contributed by atoms with van der Waals surface area (Å²) in [5, 5.41) is 29.6. The first-order valence-electron chi connectivity index (χ1n) is 2.21. The summed E-state index contributed by atoms with van der Waals surface area (Å²) in [6.45, 7) is 0. The van der Waals surface area contributed by atoms with E-state index in [0.717, 1.165) is 0 Å². The van der Waals surface area contributed by atoms with Crippen LogP contribution in [0.1, 0.15) is 7.13 Å². The van der Waals surface area contributed by atoms with Crippen molar-refractivity contribution in [3.63, 3.8) is 0 Å². The molecule has 0 aliphatic carbocycles. The van der Waals surface area contributed by atoms with Gasteiger partial charge in [-0.1, -0.05) is 0 Å². The SMILES string of the molecule is O=C(O)C(=O)O.O=C(O)C(=O)O.[H-].[H-].[H-].[H-].[H-].[K+].[Mg+2].[Mg+2]. The molecule has 11 heteroatoms. The van der Waals surface area contributed by atoms with Gasteiger partial charge in [0.1, 0.15) is 0 Å². The fourth-order valence-corrected chi connectivity index (χ4v) is 0. The van der Waals surface area contributed by atoms with Crippen LogP contribution in [-0.4, -0.2) is 90.4 Å². The smallest absolute Gasteiger partial charge is 1.00 e. The molecule has 78 valence electrons. The van der Waals surface area contributed by atoms with E-state index in [2.05, 4.69) is 0 Å². The third-order valence-corrected chi connectivity index (χ3v) is 0.366. The number of hydrogen-bond acceptors (Lipinski definition) is 4. The van der Waals surface area contributed by atoms with Gasteiger partial charge in [-0.05, 0) is 0 Å². The fourth-order valence-electron chi connectivity index (χ4n) is 0. The van der Waals surface area contributed by atoms with Crippen LogP contribution in [0, 0.1) is 0 Å². The number of carboxylic acid groups (broad SMARTS) is 4. The van der Waals surface area contributed by atoms with Gasteiger partial charge in [0.25, 0.3) is 0 Å². The van der Waals surface area contributed by atoms with Crippen LogP contribution < -0.4 is 51.4 Å². The predicted octanol–water partition coefficient (Wildman–Crippen LogP) is -4.88. The summed E-state index contributed by atoms with van der Waals surface area (Å²) in [4.78, 5) is 36.4. The van der Waals surface area contributed by atoms with Gasteiger partial charge in [0.05, 0.1) is 0 Å². The van der Waals surface area contributed by atoms with Crippen LogP contribution in [0.2, 0.25) is 0 Å². The molecular weight excluding hydrogens is 264 g/mol. The Labute approximate surface area is 166 Å². The van der Waals surface area contributed by atoms with Crippen molar-refractivity contribution in [1.29, 1.82) is 0 Å². The molecule has 8 nitrogen and oxygen atoms in total. The number of carbonyl (C=O) groups is 4. The van der Waals surface area contributed by atoms with Crippen molar-refractivity contribution in [1.82, 2.24) is 0 Å². The van der Waals surface area contributed by atoms with Crippen molar-refractivity contribution in [3.8, 4) is 0 Å². The maximum atomic E-state index is 9.10. The molecule has 0 aromatic heterocycles. The molecule has 0 heterocycles. The van der Waals surface area contributed by atoms with E-state index in [0.29, 0.717) is 0 Å². The van der Waals surface area contributed by atoms with Crippen molar-refractivity contribution in [3.05, 3.63) is 0 Å². The predicted molar refractivity (Wildman–Crippen MR) is 47.6 cm³/mol. The Morgan fingerprint density at radius 1 is 0.600 bits per heavy atom. The molecular formula is C4H9KMg2O8. The molecule has 4 N–H and O–H groups in total. The van der Waals surface area contributed by atoms with Crippen LogP contribution in [0.4, 0.5) is 0 Å². The van der Waals surface area contributed by atoms with Crippen molar-refractivity contribution in [2.45, 2.75) is 0 Å². The zero-order valence-electron chi connectivity index (χ0n) is 12.8. The minimum absolute atomic E-state index is 0. The van der Waals surface area contributed by atoms with Gasteiger partial charge in [-0.15, -0.1) is 0 Å². The molecule has 0 rings (SSSR count). The molecule has 0 saturated carbocycles. The monoisotopic (exact) mass is 272 g/mol. The van der Waals surface area contributed by atoms with E-state index >= 15 is 0 Å². The Morgan fingerprint density at radius 2 is 0.667 bits per heavy atom. The van der Waals surface area contributed by atoms with Gasteiger partial charge in [0.2, 0.25) is 0 Å². The molecule has 0 saturated heterocycles. The van der Waals surface area contributed by atoms with Gasteiger partial charge in [-0.3, -0.25) is 0 Å². The van der Waals surface area contributed by atoms with Gasteiger partial charge in [-0.25, -0.2) is 19.2 Å². The Kier molecular flexibility index (Phi) is 34.6. The zero-order valence-corrected chi connectivity index (χ0v) is 13.8. The van der Waals surface area contributed by atoms with Gasteiger partial charge >= 0.3 is 121 Å². The second-order valence-corrected chi connectivity index (χ2v) is 1.22. The molecule has 0 amide bonds. The van der Waals surface area contributed by atoms with E-state index in [1.807, 2.05) is 0 Å². The molecule has 0 bridgehead atoms. The third kappa shape index (κ3) is 31.3. The van der Waals surface area contributed by atoms with Crippen LogP contribution in [-0.2, 0) is 19.2 Å². The summed E-state index contributed by atoms with van der Waals surface area (Å²) >= 11 is 0. The Bertz CT molecular complexity index is 197. The van der Waals surface area contributed by atoms with Gasteiger partial charge < -0.3 is 27.6 Å². The summed E-state index contributed by atoms with van der Waals surface area (Å²) in [5.74, 6) is -7.30. The van der Waals surface area contributed by atoms with E-state index in [-0.39, 0.29) is 105 Å². The van der Waals surface area contributed by atoms with Crippen LogP contribution in [0.5, 0.6) is 0 Å². The summed E-state index contributed by atoms with van der Waals surface area (Å²) in [6.07, 6.45) is 0. The van der Waals surface area contributed by atoms with Crippen LogP contribution in [0.15, 0.2) is 0 Å². The first-order valence-corrected chi connectivity index (χ1v) is 2.21. The largest absolute Gasteiger partial charge is 2.00 e. The standard InChI is InChI=1S/2C2H2O4.K.2Mg.5H/c2*3-1(4)2(5)6;;;;;;;;/h2*(H,3,4)(H,5,6);;;;;;;;/q;;+1;2*+2;5*-1. The summed E-state index contributed by atoms with van der Waals surface area (Å²) < 4.78 is 0.